The number of rotatable bonds is 8. The number of anilines is 2. The highest BCUT2D eigenvalue weighted by molar-refractivity contribution is 7.93. The fourth-order valence-electron chi connectivity index (χ4n) is 3.18. The Bertz CT molecular complexity index is 1520. The normalized spacial score (nSPS) is 11.6. The van der Waals surface area contributed by atoms with Gasteiger partial charge in [0, 0.05) is 17.1 Å². The van der Waals surface area contributed by atoms with Gasteiger partial charge in [-0.15, -0.1) is 0 Å². The lowest BCUT2D eigenvalue weighted by molar-refractivity contribution is 0.482. The monoisotopic (exact) mass is 510 g/mol. The first kappa shape index (κ1) is 24.2. The van der Waals surface area contributed by atoms with Crippen molar-refractivity contribution in [2.24, 2.45) is 0 Å². The molecule has 0 fully saturated rings. The number of hydrogen-bond acceptors (Lipinski definition) is 7. The second-order valence-electron chi connectivity index (χ2n) is 7.60. The lowest BCUT2D eigenvalue weighted by atomic mass is 10.3. The summed E-state index contributed by atoms with van der Waals surface area (Å²) in [6, 6.07) is 22.1. The van der Waals surface area contributed by atoms with Gasteiger partial charge in [0.25, 0.3) is 20.0 Å². The minimum absolute atomic E-state index is 0.0308. The Hall–Kier alpha value is -3.96. The second kappa shape index (κ2) is 9.72. The highest BCUT2D eigenvalue weighted by Crippen LogP contribution is 2.24. The fourth-order valence-corrected chi connectivity index (χ4v) is 5.18. The molecule has 11 heteroatoms. The highest BCUT2D eigenvalue weighted by Gasteiger charge is 2.18. The number of ether oxygens (including phenoxy) is 1. The molecule has 0 amide bonds. The number of sulfonamides is 2. The Balaban J connectivity index is 1.45. The van der Waals surface area contributed by atoms with Crippen LogP contribution in [0, 0.1) is 13.8 Å². The van der Waals surface area contributed by atoms with E-state index in [2.05, 4.69) is 19.4 Å². The van der Waals surface area contributed by atoms with Crippen LogP contribution in [0.2, 0.25) is 0 Å². The van der Waals surface area contributed by atoms with Crippen LogP contribution < -0.4 is 14.2 Å². The van der Waals surface area contributed by atoms with Crippen LogP contribution in [-0.4, -0.2) is 26.8 Å². The number of nitrogens with zero attached hydrogens (tertiary/aromatic N) is 2. The molecule has 4 rings (SSSR count). The molecule has 0 saturated heterocycles. The summed E-state index contributed by atoms with van der Waals surface area (Å²) in [7, 11) is -7.86. The average Bonchev–Trinajstić information content (AvgIpc) is 2.79. The van der Waals surface area contributed by atoms with Gasteiger partial charge in [-0.05, 0) is 80.6 Å². The Labute approximate surface area is 204 Å². The maximum atomic E-state index is 12.8. The van der Waals surface area contributed by atoms with E-state index in [1.54, 1.807) is 44.2 Å². The van der Waals surface area contributed by atoms with Gasteiger partial charge >= 0.3 is 0 Å². The van der Waals surface area contributed by atoms with Gasteiger partial charge in [0.1, 0.15) is 11.5 Å². The van der Waals surface area contributed by atoms with E-state index >= 15 is 0 Å². The Morgan fingerprint density at radius 2 is 1.11 bits per heavy atom. The molecule has 1 aromatic heterocycles. The average molecular weight is 511 g/mol. The van der Waals surface area contributed by atoms with E-state index < -0.39 is 20.0 Å². The second-order valence-corrected chi connectivity index (χ2v) is 11.0. The van der Waals surface area contributed by atoms with Crippen molar-refractivity contribution in [3.8, 4) is 11.5 Å². The first-order valence-electron chi connectivity index (χ1n) is 10.4. The number of para-hydroxylation sites is 1. The van der Waals surface area contributed by atoms with Crippen LogP contribution in [0.4, 0.5) is 11.6 Å². The predicted molar refractivity (Wildman–Crippen MR) is 133 cm³/mol. The lowest BCUT2D eigenvalue weighted by Gasteiger charge is -2.11. The van der Waals surface area contributed by atoms with Crippen molar-refractivity contribution in [3.63, 3.8) is 0 Å². The van der Waals surface area contributed by atoms with Crippen molar-refractivity contribution in [2.75, 3.05) is 9.44 Å². The van der Waals surface area contributed by atoms with Crippen molar-refractivity contribution in [1.29, 1.82) is 0 Å². The number of hydrogen-bond donors (Lipinski definition) is 2. The Morgan fingerprint density at radius 1 is 0.629 bits per heavy atom. The highest BCUT2D eigenvalue weighted by atomic mass is 32.2. The van der Waals surface area contributed by atoms with Crippen LogP contribution in [0.3, 0.4) is 0 Å². The van der Waals surface area contributed by atoms with Gasteiger partial charge in [0.15, 0.2) is 0 Å². The molecular weight excluding hydrogens is 488 g/mol. The van der Waals surface area contributed by atoms with Crippen LogP contribution in [0.25, 0.3) is 0 Å². The van der Waals surface area contributed by atoms with E-state index in [1.165, 1.54) is 36.4 Å². The van der Waals surface area contributed by atoms with Crippen LogP contribution in [0.1, 0.15) is 11.4 Å². The zero-order valence-corrected chi connectivity index (χ0v) is 20.5. The Morgan fingerprint density at radius 3 is 1.69 bits per heavy atom. The smallest absolute Gasteiger partial charge is 0.264 e. The van der Waals surface area contributed by atoms with Crippen molar-refractivity contribution in [2.45, 2.75) is 23.6 Å². The molecule has 1 heterocycles. The van der Waals surface area contributed by atoms with E-state index in [9.17, 15) is 16.8 Å². The van der Waals surface area contributed by atoms with Crippen LogP contribution in [0.5, 0.6) is 11.5 Å². The summed E-state index contributed by atoms with van der Waals surface area (Å²) in [6.07, 6.45) is 0. The molecule has 0 atom stereocenters. The standard InChI is InChI=1S/C24H22N4O5S2/c1-17-16-18(2)26-24(25-17)28-35(31,32)22-12-8-19(9-13-22)27-34(29,30)23-14-10-21(11-15-23)33-20-6-4-3-5-7-20/h3-16,27H,1-2H3,(H,25,26,28). The molecule has 9 nitrogen and oxygen atoms in total. The Kier molecular flexibility index (Phi) is 6.72. The van der Waals surface area contributed by atoms with Crippen molar-refractivity contribution in [3.05, 3.63) is 96.3 Å². The molecule has 180 valence electrons. The molecule has 0 aliphatic heterocycles. The van der Waals surface area contributed by atoms with E-state index in [-0.39, 0.29) is 21.4 Å². The van der Waals surface area contributed by atoms with Crippen LogP contribution in [-0.2, 0) is 20.0 Å². The third kappa shape index (κ3) is 6.14. The van der Waals surface area contributed by atoms with Crippen molar-refractivity contribution < 1.29 is 21.6 Å². The summed E-state index contributed by atoms with van der Waals surface area (Å²) >= 11 is 0. The summed E-state index contributed by atoms with van der Waals surface area (Å²) in [5.41, 5.74) is 1.45. The van der Waals surface area contributed by atoms with Gasteiger partial charge in [-0.3, -0.25) is 4.72 Å². The van der Waals surface area contributed by atoms with Crippen LogP contribution >= 0.6 is 0 Å². The number of aromatic nitrogens is 2. The van der Waals surface area contributed by atoms with Gasteiger partial charge in [0.2, 0.25) is 5.95 Å². The maximum Gasteiger partial charge on any atom is 0.264 e. The van der Waals surface area contributed by atoms with Crippen LogP contribution in [0.15, 0.2) is 94.7 Å². The SMILES string of the molecule is Cc1cc(C)nc(NS(=O)(=O)c2ccc(NS(=O)(=O)c3ccc(Oc4ccccc4)cc3)cc2)n1. The van der Waals surface area contributed by atoms with Gasteiger partial charge < -0.3 is 4.74 Å². The first-order chi connectivity index (χ1) is 16.6. The number of nitrogens with one attached hydrogen (secondary N) is 2. The molecule has 3 aromatic carbocycles. The fraction of sp³-hybridized carbons (Fsp3) is 0.0833. The summed E-state index contributed by atoms with van der Waals surface area (Å²) in [5, 5.41) is 0. The van der Waals surface area contributed by atoms with E-state index in [4.69, 9.17) is 4.74 Å². The molecule has 0 aliphatic carbocycles. The zero-order valence-electron chi connectivity index (χ0n) is 18.8. The number of benzene rings is 3. The van der Waals surface area contributed by atoms with Gasteiger partial charge in [0.05, 0.1) is 9.79 Å². The first-order valence-corrected chi connectivity index (χ1v) is 13.4. The molecule has 2 N–H and O–H groups in total. The summed E-state index contributed by atoms with van der Waals surface area (Å²) in [6.45, 7) is 3.47. The molecule has 0 spiro atoms. The number of aryl methyl sites for hydroxylation is 2. The molecule has 0 saturated carbocycles. The van der Waals surface area contributed by atoms with Crippen molar-refractivity contribution in [1.82, 2.24) is 9.97 Å². The molecule has 35 heavy (non-hydrogen) atoms. The maximum absolute atomic E-state index is 12.8. The largest absolute Gasteiger partial charge is 0.457 e. The van der Waals surface area contributed by atoms with E-state index in [1.807, 2.05) is 18.2 Å². The minimum atomic E-state index is -3.96. The van der Waals surface area contributed by atoms with E-state index in [0.717, 1.165) is 0 Å². The third-order valence-corrected chi connectivity index (χ3v) is 7.48. The zero-order chi connectivity index (χ0) is 25.1. The minimum Gasteiger partial charge on any atom is -0.457 e. The quantitative estimate of drug-likeness (QED) is 0.358. The lowest BCUT2D eigenvalue weighted by Crippen LogP contribution is -2.16. The molecule has 0 radical (unpaired) electrons. The van der Waals surface area contributed by atoms with E-state index in [0.29, 0.717) is 22.9 Å². The summed E-state index contributed by atoms with van der Waals surface area (Å²) in [5.74, 6) is 1.09. The predicted octanol–water partition coefficient (Wildman–Crippen LogP) is 4.49. The molecule has 0 aliphatic rings. The molecule has 4 aromatic rings. The molecular formula is C24H22N4O5S2. The van der Waals surface area contributed by atoms with Gasteiger partial charge in [-0.2, -0.15) is 0 Å². The molecule has 0 bridgehead atoms. The van der Waals surface area contributed by atoms with Crippen molar-refractivity contribution >= 4 is 31.7 Å². The molecule has 0 unspecified atom stereocenters. The van der Waals surface area contributed by atoms with Gasteiger partial charge in [-0.25, -0.2) is 31.5 Å². The third-order valence-electron chi connectivity index (χ3n) is 4.74. The summed E-state index contributed by atoms with van der Waals surface area (Å²) < 4.78 is 61.3. The van der Waals surface area contributed by atoms with Gasteiger partial charge in [-0.1, -0.05) is 18.2 Å². The topological polar surface area (TPSA) is 127 Å². The summed E-state index contributed by atoms with van der Waals surface area (Å²) in [4.78, 5) is 8.11.